The molecule has 1 aromatic carbocycles. The molecule has 1 aromatic heterocycles. The minimum Gasteiger partial charge on any atom is -0.396 e. The van der Waals surface area contributed by atoms with Crippen LogP contribution in [0.3, 0.4) is 0 Å². The molecule has 1 heterocycles. The van der Waals surface area contributed by atoms with Crippen molar-refractivity contribution >= 4 is 11.8 Å². The molecular formula is C22H36N6O. The van der Waals surface area contributed by atoms with Crippen LogP contribution in [0.2, 0.25) is 0 Å². The fourth-order valence-corrected chi connectivity index (χ4v) is 3.51. The Kier molecular flexibility index (Phi) is 9.31. The maximum Gasteiger partial charge on any atom is 0.222 e. The zero-order chi connectivity index (χ0) is 21.2. The topological polar surface area (TPSA) is 113 Å². The predicted molar refractivity (Wildman–Crippen MR) is 120 cm³/mol. The summed E-state index contributed by atoms with van der Waals surface area (Å²) in [7, 11) is 2.08. The maximum absolute atomic E-state index is 9.37. The SMILES string of the molecule is CCCC(CCO)Nc1nc(N)nc(C)c1Cc1ccc(CN(C)CCN)cc1. The second-order valence-electron chi connectivity index (χ2n) is 7.66. The van der Waals surface area contributed by atoms with E-state index in [1.54, 1.807) is 0 Å². The first-order chi connectivity index (χ1) is 14.0. The van der Waals surface area contributed by atoms with Crippen LogP contribution in [0.25, 0.3) is 0 Å². The first-order valence-corrected chi connectivity index (χ1v) is 10.4. The number of aryl methyl sites for hydroxylation is 1. The molecule has 6 N–H and O–H groups in total. The van der Waals surface area contributed by atoms with Crippen molar-refractivity contribution in [3.8, 4) is 0 Å². The van der Waals surface area contributed by atoms with E-state index in [4.69, 9.17) is 11.5 Å². The van der Waals surface area contributed by atoms with Crippen molar-refractivity contribution in [2.24, 2.45) is 5.73 Å². The van der Waals surface area contributed by atoms with Gasteiger partial charge in [-0.25, -0.2) is 4.98 Å². The molecule has 7 heteroatoms. The van der Waals surface area contributed by atoms with Crippen molar-refractivity contribution < 1.29 is 5.11 Å². The number of nitrogens with one attached hydrogen (secondary N) is 1. The number of hydrogen-bond acceptors (Lipinski definition) is 7. The van der Waals surface area contributed by atoms with Gasteiger partial charge in [-0.15, -0.1) is 0 Å². The summed E-state index contributed by atoms with van der Waals surface area (Å²) in [5.74, 6) is 1.04. The minimum absolute atomic E-state index is 0.145. The summed E-state index contributed by atoms with van der Waals surface area (Å²) in [6.07, 6.45) is 3.41. The van der Waals surface area contributed by atoms with Gasteiger partial charge in [0.2, 0.25) is 5.95 Å². The fourth-order valence-electron chi connectivity index (χ4n) is 3.51. The van der Waals surface area contributed by atoms with Gasteiger partial charge in [0.05, 0.1) is 0 Å². The highest BCUT2D eigenvalue weighted by atomic mass is 16.3. The van der Waals surface area contributed by atoms with Gasteiger partial charge in [-0.1, -0.05) is 37.6 Å². The van der Waals surface area contributed by atoms with Gasteiger partial charge in [-0.05, 0) is 37.9 Å². The molecule has 0 spiro atoms. The van der Waals surface area contributed by atoms with Crippen LogP contribution in [0.5, 0.6) is 0 Å². The molecule has 2 aromatic rings. The largest absolute Gasteiger partial charge is 0.396 e. The third-order valence-corrected chi connectivity index (χ3v) is 5.05. The molecule has 0 bridgehead atoms. The summed E-state index contributed by atoms with van der Waals surface area (Å²) in [5.41, 5.74) is 15.9. The van der Waals surface area contributed by atoms with E-state index >= 15 is 0 Å². The average Bonchev–Trinajstić information content (AvgIpc) is 2.66. The average molecular weight is 401 g/mol. The van der Waals surface area contributed by atoms with E-state index < -0.39 is 0 Å². The molecule has 0 saturated heterocycles. The Morgan fingerprint density at radius 3 is 2.45 bits per heavy atom. The van der Waals surface area contributed by atoms with E-state index in [0.717, 1.165) is 49.4 Å². The normalized spacial score (nSPS) is 12.3. The lowest BCUT2D eigenvalue weighted by molar-refractivity contribution is 0.276. The molecule has 0 radical (unpaired) electrons. The summed E-state index contributed by atoms with van der Waals surface area (Å²) in [6, 6.07) is 8.80. The molecule has 1 atom stereocenters. The summed E-state index contributed by atoms with van der Waals surface area (Å²) in [5, 5.41) is 12.9. The second-order valence-corrected chi connectivity index (χ2v) is 7.66. The van der Waals surface area contributed by atoms with Crippen molar-refractivity contribution in [1.82, 2.24) is 14.9 Å². The Hall–Kier alpha value is -2.22. The lowest BCUT2D eigenvalue weighted by Gasteiger charge is -2.21. The van der Waals surface area contributed by atoms with E-state index in [1.165, 1.54) is 11.1 Å². The number of benzene rings is 1. The number of nitrogen functional groups attached to an aromatic ring is 1. The molecule has 0 aliphatic rings. The molecule has 0 saturated carbocycles. The zero-order valence-electron chi connectivity index (χ0n) is 18.0. The number of hydrogen-bond donors (Lipinski definition) is 4. The number of likely N-dealkylation sites (N-methyl/N-ethyl adjacent to an activating group) is 1. The molecule has 7 nitrogen and oxygen atoms in total. The van der Waals surface area contributed by atoms with Gasteiger partial charge in [-0.2, -0.15) is 4.98 Å². The number of aliphatic hydroxyl groups is 1. The first-order valence-electron chi connectivity index (χ1n) is 10.4. The molecule has 160 valence electrons. The van der Waals surface area contributed by atoms with Crippen LogP contribution in [0, 0.1) is 6.92 Å². The lowest BCUT2D eigenvalue weighted by Crippen LogP contribution is -2.24. The van der Waals surface area contributed by atoms with Crippen molar-refractivity contribution in [3.05, 3.63) is 46.6 Å². The number of anilines is 2. The predicted octanol–water partition coefficient (Wildman–Crippen LogP) is 2.31. The number of aliphatic hydroxyl groups excluding tert-OH is 1. The Labute approximate surface area is 174 Å². The lowest BCUT2D eigenvalue weighted by atomic mass is 10.0. The van der Waals surface area contributed by atoms with Crippen LogP contribution < -0.4 is 16.8 Å². The number of rotatable bonds is 12. The number of aromatic nitrogens is 2. The van der Waals surface area contributed by atoms with Crippen molar-refractivity contribution in [1.29, 1.82) is 0 Å². The van der Waals surface area contributed by atoms with Crippen molar-refractivity contribution in [2.75, 3.05) is 37.8 Å². The minimum atomic E-state index is 0.145. The monoisotopic (exact) mass is 400 g/mol. The Morgan fingerprint density at radius 1 is 1.14 bits per heavy atom. The van der Waals surface area contributed by atoms with E-state index in [9.17, 15) is 5.11 Å². The highest BCUT2D eigenvalue weighted by Crippen LogP contribution is 2.23. The third kappa shape index (κ3) is 7.27. The van der Waals surface area contributed by atoms with Gasteiger partial charge < -0.3 is 26.8 Å². The molecule has 2 rings (SSSR count). The number of nitrogens with zero attached hydrogens (tertiary/aromatic N) is 3. The van der Waals surface area contributed by atoms with E-state index in [-0.39, 0.29) is 18.6 Å². The molecule has 0 aliphatic heterocycles. The van der Waals surface area contributed by atoms with Crippen molar-refractivity contribution in [3.63, 3.8) is 0 Å². The Balaban J connectivity index is 2.19. The molecule has 1 unspecified atom stereocenters. The molecule has 0 fully saturated rings. The molecule has 29 heavy (non-hydrogen) atoms. The van der Waals surface area contributed by atoms with Gasteiger partial charge in [0.1, 0.15) is 5.82 Å². The van der Waals surface area contributed by atoms with Gasteiger partial charge in [0, 0.05) is 50.0 Å². The fraction of sp³-hybridized carbons (Fsp3) is 0.545. The van der Waals surface area contributed by atoms with E-state index in [1.807, 2.05) is 6.92 Å². The van der Waals surface area contributed by atoms with Crippen LogP contribution in [0.4, 0.5) is 11.8 Å². The van der Waals surface area contributed by atoms with Crippen LogP contribution in [0.15, 0.2) is 24.3 Å². The van der Waals surface area contributed by atoms with Crippen molar-refractivity contribution in [2.45, 2.75) is 52.1 Å². The van der Waals surface area contributed by atoms with Crippen LogP contribution >= 0.6 is 0 Å². The van der Waals surface area contributed by atoms with Crippen LogP contribution in [0.1, 0.15) is 48.6 Å². The summed E-state index contributed by atoms with van der Waals surface area (Å²) in [6.45, 7) is 6.68. The highest BCUT2D eigenvalue weighted by molar-refractivity contribution is 5.52. The Morgan fingerprint density at radius 2 is 1.83 bits per heavy atom. The molecule has 0 amide bonds. The van der Waals surface area contributed by atoms with E-state index in [2.05, 4.69) is 58.4 Å². The third-order valence-electron chi connectivity index (χ3n) is 5.05. The first kappa shape index (κ1) is 23.1. The Bertz CT molecular complexity index is 744. The number of nitrogens with two attached hydrogens (primary N) is 2. The second kappa shape index (κ2) is 11.7. The zero-order valence-corrected chi connectivity index (χ0v) is 18.0. The quantitative estimate of drug-likeness (QED) is 0.432. The van der Waals surface area contributed by atoms with Gasteiger partial charge in [-0.3, -0.25) is 0 Å². The van der Waals surface area contributed by atoms with Gasteiger partial charge >= 0.3 is 0 Å². The summed E-state index contributed by atoms with van der Waals surface area (Å²) >= 11 is 0. The smallest absolute Gasteiger partial charge is 0.222 e. The summed E-state index contributed by atoms with van der Waals surface area (Å²) in [4.78, 5) is 11.0. The van der Waals surface area contributed by atoms with Crippen LogP contribution in [-0.2, 0) is 13.0 Å². The van der Waals surface area contributed by atoms with Crippen LogP contribution in [-0.4, -0.2) is 52.8 Å². The molecule has 0 aliphatic carbocycles. The molecular weight excluding hydrogens is 364 g/mol. The van der Waals surface area contributed by atoms with Gasteiger partial charge in [0.15, 0.2) is 0 Å². The maximum atomic E-state index is 9.37. The summed E-state index contributed by atoms with van der Waals surface area (Å²) < 4.78 is 0. The van der Waals surface area contributed by atoms with Gasteiger partial charge in [0.25, 0.3) is 0 Å². The van der Waals surface area contributed by atoms with E-state index in [0.29, 0.717) is 13.0 Å². The highest BCUT2D eigenvalue weighted by Gasteiger charge is 2.15. The standard InChI is InChI=1S/C22H36N6O/c1-4-5-19(10-13-29)26-21-20(16(2)25-22(24)27-21)14-17-6-8-18(9-7-17)15-28(3)12-11-23/h6-9,19,29H,4-5,10-15,23H2,1-3H3,(H3,24,25,26,27).